The second kappa shape index (κ2) is 11.1. The van der Waals surface area contributed by atoms with Crippen molar-refractivity contribution in [2.24, 2.45) is 0 Å². The summed E-state index contributed by atoms with van der Waals surface area (Å²) in [5.74, 6) is -0.743. The fourth-order valence-corrected chi connectivity index (χ4v) is 4.55. The lowest BCUT2D eigenvalue weighted by molar-refractivity contribution is -0.142. The van der Waals surface area contributed by atoms with Gasteiger partial charge in [-0.25, -0.2) is 8.42 Å². The molecule has 7 nitrogen and oxygen atoms in total. The summed E-state index contributed by atoms with van der Waals surface area (Å²) in [5.41, 5.74) is 0.372. The minimum absolute atomic E-state index is 0.0364. The second-order valence-electron chi connectivity index (χ2n) is 8.89. The minimum Gasteiger partial charge on any atom is -0.350 e. The Morgan fingerprint density at radius 3 is 2.12 bits per heavy atom. The highest BCUT2D eigenvalue weighted by atomic mass is 35.5. The Kier molecular flexibility index (Phi) is 9.05. The molecule has 0 radical (unpaired) electrons. The Morgan fingerprint density at radius 1 is 1.03 bits per heavy atom. The molecule has 0 aromatic heterocycles. The molecule has 0 saturated carbocycles. The second-order valence-corrected chi connectivity index (χ2v) is 11.4. The SMILES string of the molecule is CCC(C(=O)NC(C)(C)C)N(Cc1ccccc1)C(=O)CN(C)S(=O)(=O)c1ccc(Cl)cc1. The molecule has 9 heteroatoms. The third-order valence-electron chi connectivity index (χ3n) is 4.96. The number of amides is 2. The van der Waals surface area contributed by atoms with Gasteiger partial charge in [0.25, 0.3) is 0 Å². The van der Waals surface area contributed by atoms with E-state index in [1.54, 1.807) is 0 Å². The molecule has 0 saturated heterocycles. The maximum Gasteiger partial charge on any atom is 0.243 e. The molecule has 1 N–H and O–H groups in total. The largest absolute Gasteiger partial charge is 0.350 e. The number of nitrogens with zero attached hydrogens (tertiary/aromatic N) is 2. The van der Waals surface area contributed by atoms with E-state index in [1.807, 2.05) is 58.0 Å². The summed E-state index contributed by atoms with van der Waals surface area (Å²) in [6.07, 6.45) is 0.383. The molecule has 0 fully saturated rings. The van der Waals surface area contributed by atoms with Gasteiger partial charge in [-0.1, -0.05) is 48.9 Å². The highest BCUT2D eigenvalue weighted by Crippen LogP contribution is 2.19. The average molecular weight is 494 g/mol. The van der Waals surface area contributed by atoms with Gasteiger partial charge in [-0.05, 0) is 57.0 Å². The molecule has 2 aromatic carbocycles. The number of carbonyl (C=O) groups excluding carboxylic acids is 2. The lowest BCUT2D eigenvalue weighted by atomic mass is 10.1. The minimum atomic E-state index is -3.91. The summed E-state index contributed by atoms with van der Waals surface area (Å²) in [5, 5.41) is 3.34. The lowest BCUT2D eigenvalue weighted by Gasteiger charge is -2.34. The molecule has 2 amide bonds. The topological polar surface area (TPSA) is 86.8 Å². The Hall–Kier alpha value is -2.42. The van der Waals surface area contributed by atoms with Gasteiger partial charge in [0.2, 0.25) is 21.8 Å². The molecule has 2 aromatic rings. The van der Waals surface area contributed by atoms with Crippen LogP contribution in [-0.2, 0) is 26.2 Å². The molecule has 0 heterocycles. The van der Waals surface area contributed by atoms with E-state index < -0.39 is 34.1 Å². The first-order valence-corrected chi connectivity index (χ1v) is 12.5. The number of halogens is 1. The van der Waals surface area contributed by atoms with Crippen molar-refractivity contribution in [2.45, 2.75) is 57.1 Å². The monoisotopic (exact) mass is 493 g/mol. The van der Waals surface area contributed by atoms with Gasteiger partial charge in [-0.15, -0.1) is 0 Å². The number of sulfonamides is 1. The van der Waals surface area contributed by atoms with Gasteiger partial charge in [-0.2, -0.15) is 4.31 Å². The van der Waals surface area contributed by atoms with Crippen molar-refractivity contribution < 1.29 is 18.0 Å². The summed E-state index contributed by atoms with van der Waals surface area (Å²) in [6, 6.07) is 14.3. The first kappa shape index (κ1) is 26.8. The van der Waals surface area contributed by atoms with Crippen LogP contribution in [0, 0.1) is 0 Å². The molecule has 0 bridgehead atoms. The maximum absolute atomic E-state index is 13.4. The van der Waals surface area contributed by atoms with E-state index in [-0.39, 0.29) is 17.3 Å². The summed E-state index contributed by atoms with van der Waals surface area (Å²) in [4.78, 5) is 27.9. The number of hydrogen-bond acceptors (Lipinski definition) is 4. The highest BCUT2D eigenvalue weighted by molar-refractivity contribution is 7.89. The van der Waals surface area contributed by atoms with Crippen LogP contribution in [-0.4, -0.2) is 54.6 Å². The summed E-state index contributed by atoms with van der Waals surface area (Å²) in [7, 11) is -2.57. The number of nitrogens with one attached hydrogen (secondary N) is 1. The van der Waals surface area contributed by atoms with Gasteiger partial charge in [0.05, 0.1) is 11.4 Å². The molecule has 180 valence electrons. The van der Waals surface area contributed by atoms with E-state index in [4.69, 9.17) is 11.6 Å². The number of hydrogen-bond donors (Lipinski definition) is 1. The van der Waals surface area contributed by atoms with E-state index in [9.17, 15) is 18.0 Å². The lowest BCUT2D eigenvalue weighted by Crippen LogP contribution is -2.55. The number of carbonyl (C=O) groups is 2. The Labute approximate surface area is 201 Å². The van der Waals surface area contributed by atoms with Crippen LogP contribution >= 0.6 is 11.6 Å². The average Bonchev–Trinajstić information content (AvgIpc) is 2.73. The first-order valence-electron chi connectivity index (χ1n) is 10.7. The fraction of sp³-hybridized carbons (Fsp3) is 0.417. The van der Waals surface area contributed by atoms with Crippen LogP contribution in [0.25, 0.3) is 0 Å². The molecular weight excluding hydrogens is 462 g/mol. The zero-order valence-corrected chi connectivity index (χ0v) is 21.3. The zero-order valence-electron chi connectivity index (χ0n) is 19.7. The summed E-state index contributed by atoms with van der Waals surface area (Å²) >= 11 is 5.86. The van der Waals surface area contributed by atoms with Crippen LogP contribution in [0.15, 0.2) is 59.5 Å². The van der Waals surface area contributed by atoms with Crippen LogP contribution in [0.4, 0.5) is 0 Å². The quantitative estimate of drug-likeness (QED) is 0.577. The molecule has 33 heavy (non-hydrogen) atoms. The Balaban J connectivity index is 2.32. The van der Waals surface area contributed by atoms with Crippen molar-refractivity contribution >= 4 is 33.4 Å². The fourth-order valence-electron chi connectivity index (χ4n) is 3.31. The molecule has 1 unspecified atom stereocenters. The third kappa shape index (κ3) is 7.55. The molecule has 0 aliphatic carbocycles. The number of rotatable bonds is 9. The Bertz CT molecular complexity index is 1050. The molecular formula is C24H32ClN3O4S. The normalized spacial score (nSPS) is 12.9. The van der Waals surface area contributed by atoms with Crippen LogP contribution in [0.2, 0.25) is 5.02 Å². The van der Waals surface area contributed by atoms with Crippen molar-refractivity contribution in [2.75, 3.05) is 13.6 Å². The summed E-state index contributed by atoms with van der Waals surface area (Å²) in [6.45, 7) is 7.21. The van der Waals surface area contributed by atoms with Crippen LogP contribution in [0.1, 0.15) is 39.7 Å². The van der Waals surface area contributed by atoms with Crippen molar-refractivity contribution in [3.8, 4) is 0 Å². The maximum atomic E-state index is 13.4. The number of likely N-dealkylation sites (N-methyl/N-ethyl adjacent to an activating group) is 1. The Morgan fingerprint density at radius 2 is 1.61 bits per heavy atom. The first-order chi connectivity index (χ1) is 15.3. The van der Waals surface area contributed by atoms with E-state index in [1.165, 1.54) is 36.2 Å². The van der Waals surface area contributed by atoms with Crippen LogP contribution < -0.4 is 5.32 Å². The van der Waals surface area contributed by atoms with E-state index in [0.29, 0.717) is 11.4 Å². The van der Waals surface area contributed by atoms with Gasteiger partial charge >= 0.3 is 0 Å². The molecule has 0 aliphatic rings. The van der Waals surface area contributed by atoms with Gasteiger partial charge in [0.15, 0.2) is 0 Å². The van der Waals surface area contributed by atoms with Crippen LogP contribution in [0.5, 0.6) is 0 Å². The highest BCUT2D eigenvalue weighted by Gasteiger charge is 2.33. The van der Waals surface area contributed by atoms with Gasteiger partial charge in [-0.3, -0.25) is 9.59 Å². The van der Waals surface area contributed by atoms with Gasteiger partial charge in [0.1, 0.15) is 6.04 Å². The molecule has 0 aliphatic heterocycles. The summed E-state index contributed by atoms with van der Waals surface area (Å²) < 4.78 is 26.9. The smallest absolute Gasteiger partial charge is 0.243 e. The zero-order chi connectivity index (χ0) is 24.8. The number of benzene rings is 2. The molecule has 0 spiro atoms. The third-order valence-corrected chi connectivity index (χ3v) is 7.03. The van der Waals surface area contributed by atoms with Crippen molar-refractivity contribution in [1.29, 1.82) is 0 Å². The van der Waals surface area contributed by atoms with Crippen LogP contribution in [0.3, 0.4) is 0 Å². The molecule has 1 atom stereocenters. The van der Waals surface area contributed by atoms with E-state index in [0.717, 1.165) is 9.87 Å². The van der Waals surface area contributed by atoms with Crippen molar-refractivity contribution in [1.82, 2.24) is 14.5 Å². The predicted molar refractivity (Wildman–Crippen MR) is 130 cm³/mol. The van der Waals surface area contributed by atoms with Gasteiger partial charge < -0.3 is 10.2 Å². The van der Waals surface area contributed by atoms with Crippen molar-refractivity contribution in [3.05, 3.63) is 65.2 Å². The van der Waals surface area contributed by atoms with E-state index >= 15 is 0 Å². The predicted octanol–water partition coefficient (Wildman–Crippen LogP) is 3.68. The standard InChI is InChI=1S/C24H32ClN3O4S/c1-6-21(23(30)26-24(2,3)4)28(16-18-10-8-7-9-11-18)22(29)17-27(5)33(31,32)20-14-12-19(25)13-15-20/h7-15,21H,6,16-17H2,1-5H3,(H,26,30). The van der Waals surface area contributed by atoms with Gasteiger partial charge in [0, 0.05) is 24.2 Å². The van der Waals surface area contributed by atoms with E-state index in [2.05, 4.69) is 5.32 Å². The molecule has 2 rings (SSSR count). The van der Waals surface area contributed by atoms with Crippen molar-refractivity contribution in [3.63, 3.8) is 0 Å².